The van der Waals surface area contributed by atoms with E-state index in [0.29, 0.717) is 31.9 Å². The van der Waals surface area contributed by atoms with Crippen LogP contribution in [0.3, 0.4) is 0 Å². The average molecular weight is 471 g/mol. The van der Waals surface area contributed by atoms with E-state index in [9.17, 15) is 4.79 Å². The number of carbonyl (C=O) groups excluding carboxylic acids is 1. The Morgan fingerprint density at radius 3 is 2.69 bits per heavy atom. The first kappa shape index (κ1) is 22.8. The molecule has 0 radical (unpaired) electrons. The van der Waals surface area contributed by atoms with Crippen molar-refractivity contribution in [2.24, 2.45) is 4.99 Å². The first-order chi connectivity index (χ1) is 17.1. The molecule has 7 heteroatoms. The van der Waals surface area contributed by atoms with Crippen molar-refractivity contribution in [2.45, 2.75) is 19.9 Å². The number of methoxy groups -OCH3 is 1. The highest BCUT2D eigenvalue weighted by molar-refractivity contribution is 6.04. The zero-order chi connectivity index (χ0) is 24.2. The Balaban J connectivity index is 1.36. The minimum Gasteiger partial charge on any atom is -0.497 e. The number of nitrogens with zero attached hydrogens (tertiary/aromatic N) is 3. The van der Waals surface area contributed by atoms with Crippen LogP contribution in [0.25, 0.3) is 0 Å². The molecule has 7 nitrogen and oxygen atoms in total. The molecular formula is C28H30N4O3. The van der Waals surface area contributed by atoms with Crippen LogP contribution in [0.15, 0.2) is 71.7 Å². The second-order valence-corrected chi connectivity index (χ2v) is 8.84. The first-order valence-electron chi connectivity index (χ1n) is 12.0. The Morgan fingerprint density at radius 2 is 1.86 bits per heavy atom. The third-order valence-electron chi connectivity index (χ3n) is 6.36. The van der Waals surface area contributed by atoms with Crippen LogP contribution in [0.5, 0.6) is 17.2 Å². The lowest BCUT2D eigenvalue weighted by atomic mass is 10.1. The zero-order valence-electron chi connectivity index (χ0n) is 20.2. The van der Waals surface area contributed by atoms with Gasteiger partial charge in [0.15, 0.2) is 5.75 Å². The molecular weight excluding hydrogens is 440 g/mol. The van der Waals surface area contributed by atoms with Crippen LogP contribution in [0.2, 0.25) is 0 Å². The fourth-order valence-electron chi connectivity index (χ4n) is 4.45. The molecule has 3 aromatic carbocycles. The minimum absolute atomic E-state index is 0.0344. The van der Waals surface area contributed by atoms with Crippen molar-refractivity contribution >= 4 is 17.6 Å². The molecule has 1 N–H and O–H groups in total. The smallest absolute Gasteiger partial charge is 0.317 e. The van der Waals surface area contributed by atoms with Crippen molar-refractivity contribution in [1.29, 1.82) is 0 Å². The highest BCUT2D eigenvalue weighted by Crippen LogP contribution is 2.40. The topological polar surface area (TPSA) is 66.4 Å². The number of hydrogen-bond acceptors (Lipinski definition) is 5. The Bertz CT molecular complexity index is 1240. The monoisotopic (exact) mass is 470 g/mol. The van der Waals surface area contributed by atoms with Gasteiger partial charge in [0.2, 0.25) is 0 Å². The predicted molar refractivity (Wildman–Crippen MR) is 137 cm³/mol. The van der Waals surface area contributed by atoms with Crippen LogP contribution < -0.4 is 14.8 Å². The largest absolute Gasteiger partial charge is 0.497 e. The van der Waals surface area contributed by atoms with Gasteiger partial charge in [-0.1, -0.05) is 36.4 Å². The molecule has 2 amide bonds. The molecule has 0 aromatic heterocycles. The SMILES string of the molecule is COc1ccc2c(c1)Oc1cc(C)ccc1N=C2N1CCCN(C(=O)NCc2ccccc2)CC1. The number of rotatable bonds is 3. The van der Waals surface area contributed by atoms with Gasteiger partial charge in [-0.2, -0.15) is 0 Å². The van der Waals surface area contributed by atoms with Gasteiger partial charge in [-0.15, -0.1) is 0 Å². The molecule has 0 bridgehead atoms. The second kappa shape index (κ2) is 10.1. The van der Waals surface area contributed by atoms with Crippen molar-refractivity contribution in [1.82, 2.24) is 15.1 Å². The molecule has 5 rings (SSSR count). The average Bonchev–Trinajstić information content (AvgIpc) is 3.22. The summed E-state index contributed by atoms with van der Waals surface area (Å²) in [7, 11) is 1.65. The summed E-state index contributed by atoms with van der Waals surface area (Å²) in [4.78, 5) is 22.1. The van der Waals surface area contributed by atoms with Crippen LogP contribution in [0.4, 0.5) is 10.5 Å². The third-order valence-corrected chi connectivity index (χ3v) is 6.36. The quantitative estimate of drug-likeness (QED) is 0.578. The number of amidine groups is 1. The number of amides is 2. The summed E-state index contributed by atoms with van der Waals surface area (Å²) in [5.41, 5.74) is 3.91. The summed E-state index contributed by atoms with van der Waals surface area (Å²) in [6, 6.07) is 21.8. The van der Waals surface area contributed by atoms with Crippen molar-refractivity contribution in [3.8, 4) is 17.2 Å². The van der Waals surface area contributed by atoms with Gasteiger partial charge >= 0.3 is 6.03 Å². The van der Waals surface area contributed by atoms with Gasteiger partial charge in [0.25, 0.3) is 0 Å². The van der Waals surface area contributed by atoms with Crippen molar-refractivity contribution in [2.75, 3.05) is 33.3 Å². The van der Waals surface area contributed by atoms with E-state index in [2.05, 4.69) is 10.2 Å². The van der Waals surface area contributed by atoms with E-state index in [0.717, 1.165) is 52.7 Å². The zero-order valence-corrected chi connectivity index (χ0v) is 20.2. The van der Waals surface area contributed by atoms with Crippen LogP contribution in [0.1, 0.15) is 23.1 Å². The molecule has 0 saturated carbocycles. The number of aryl methyl sites for hydroxylation is 1. The van der Waals surface area contributed by atoms with E-state index in [1.54, 1.807) is 7.11 Å². The first-order valence-corrected chi connectivity index (χ1v) is 12.0. The Morgan fingerprint density at radius 1 is 1.00 bits per heavy atom. The fraction of sp³-hybridized carbons (Fsp3) is 0.286. The normalized spacial score (nSPS) is 15.1. The number of nitrogens with one attached hydrogen (secondary N) is 1. The second-order valence-electron chi connectivity index (χ2n) is 8.84. The lowest BCUT2D eigenvalue weighted by molar-refractivity contribution is 0.200. The minimum atomic E-state index is -0.0344. The molecule has 0 unspecified atom stereocenters. The Labute approximate surface area is 206 Å². The number of urea groups is 1. The van der Waals surface area contributed by atoms with Crippen molar-refractivity contribution in [3.05, 3.63) is 83.4 Å². The lowest BCUT2D eigenvalue weighted by Gasteiger charge is -2.25. The summed E-state index contributed by atoms with van der Waals surface area (Å²) in [6.45, 7) is 5.37. The van der Waals surface area contributed by atoms with Crippen LogP contribution >= 0.6 is 0 Å². The fourth-order valence-corrected chi connectivity index (χ4v) is 4.45. The molecule has 0 spiro atoms. The van der Waals surface area contributed by atoms with Gasteiger partial charge in [-0.3, -0.25) is 0 Å². The number of fused-ring (bicyclic) bond motifs is 2. The van der Waals surface area contributed by atoms with E-state index in [1.807, 2.05) is 78.6 Å². The molecule has 1 saturated heterocycles. The maximum atomic E-state index is 12.9. The van der Waals surface area contributed by atoms with E-state index in [4.69, 9.17) is 14.5 Å². The summed E-state index contributed by atoms with van der Waals surface area (Å²) < 4.78 is 11.8. The molecule has 2 aliphatic rings. The number of carbonyl (C=O) groups is 1. The molecule has 1 fully saturated rings. The summed E-state index contributed by atoms with van der Waals surface area (Å²) >= 11 is 0. The molecule has 180 valence electrons. The number of hydrogen-bond donors (Lipinski definition) is 1. The third kappa shape index (κ3) is 5.09. The lowest BCUT2D eigenvalue weighted by Crippen LogP contribution is -2.42. The van der Waals surface area contributed by atoms with Gasteiger partial charge in [-0.05, 0) is 48.7 Å². The molecule has 0 aliphatic carbocycles. The maximum Gasteiger partial charge on any atom is 0.317 e. The Hall–Kier alpha value is -4.00. The van der Waals surface area contributed by atoms with Crippen molar-refractivity contribution < 1.29 is 14.3 Å². The van der Waals surface area contributed by atoms with Crippen LogP contribution in [0, 0.1) is 6.92 Å². The van der Waals surface area contributed by atoms with Gasteiger partial charge in [-0.25, -0.2) is 9.79 Å². The highest BCUT2D eigenvalue weighted by atomic mass is 16.5. The Kier molecular flexibility index (Phi) is 6.57. The van der Waals surface area contributed by atoms with Gasteiger partial charge in [0, 0.05) is 38.8 Å². The molecule has 2 aliphatic heterocycles. The maximum absolute atomic E-state index is 12.9. The van der Waals surface area contributed by atoms with Gasteiger partial charge < -0.3 is 24.6 Å². The predicted octanol–water partition coefficient (Wildman–Crippen LogP) is 5.11. The molecule has 35 heavy (non-hydrogen) atoms. The van der Waals surface area contributed by atoms with Gasteiger partial charge in [0.1, 0.15) is 23.0 Å². The molecule has 0 atom stereocenters. The van der Waals surface area contributed by atoms with Crippen LogP contribution in [-0.4, -0.2) is 55.0 Å². The highest BCUT2D eigenvalue weighted by Gasteiger charge is 2.26. The number of benzene rings is 3. The number of aliphatic imine (C=N–C) groups is 1. The molecule has 2 heterocycles. The van der Waals surface area contributed by atoms with Gasteiger partial charge in [0.05, 0.1) is 12.7 Å². The summed E-state index contributed by atoms with van der Waals surface area (Å²) in [5, 5.41) is 3.05. The van der Waals surface area contributed by atoms with E-state index in [1.165, 1.54) is 0 Å². The number of ether oxygens (including phenoxy) is 2. The van der Waals surface area contributed by atoms with E-state index >= 15 is 0 Å². The van der Waals surface area contributed by atoms with E-state index < -0.39 is 0 Å². The standard InChI is InChI=1S/C28H30N4O3/c1-20-9-12-24-26(17-20)35-25-18-22(34-2)10-11-23(25)27(30-24)31-13-6-14-32(16-15-31)28(33)29-19-21-7-4-3-5-8-21/h3-5,7-12,17-18H,6,13-16,19H2,1-2H3,(H,29,33). The van der Waals surface area contributed by atoms with E-state index in [-0.39, 0.29) is 6.03 Å². The van der Waals surface area contributed by atoms with Crippen molar-refractivity contribution in [3.63, 3.8) is 0 Å². The summed E-state index contributed by atoms with van der Waals surface area (Å²) in [6.07, 6.45) is 0.852. The summed E-state index contributed by atoms with van der Waals surface area (Å²) in [5.74, 6) is 3.04. The molecule has 3 aromatic rings. The van der Waals surface area contributed by atoms with Crippen LogP contribution in [-0.2, 0) is 6.54 Å².